The van der Waals surface area contributed by atoms with Crippen molar-refractivity contribution in [1.29, 1.82) is 0 Å². The maximum Gasteiger partial charge on any atom is 0.248 e. The van der Waals surface area contributed by atoms with Crippen molar-refractivity contribution in [3.05, 3.63) is 54.3 Å². The standard InChI is InChI=1S/C18H21FN2O3S2/c1-4-15(18(22)20-14-10-6-8-12-17(14)25-2)21(26(3,23)24)16-11-7-5-9-13(16)19/h5-12,15H,4H2,1-3H3,(H,20,22)/t15-/m1/s1. The number of nitrogens with one attached hydrogen (secondary N) is 1. The van der Waals surface area contributed by atoms with Gasteiger partial charge in [0, 0.05) is 4.90 Å². The summed E-state index contributed by atoms with van der Waals surface area (Å²) in [7, 11) is -3.88. The van der Waals surface area contributed by atoms with Gasteiger partial charge < -0.3 is 5.32 Å². The van der Waals surface area contributed by atoms with Gasteiger partial charge in [0.15, 0.2) is 0 Å². The van der Waals surface area contributed by atoms with Gasteiger partial charge in [0.2, 0.25) is 15.9 Å². The normalized spacial score (nSPS) is 12.5. The summed E-state index contributed by atoms with van der Waals surface area (Å²) < 4.78 is 39.8. The lowest BCUT2D eigenvalue weighted by molar-refractivity contribution is -0.117. The number of halogens is 1. The second kappa shape index (κ2) is 8.55. The summed E-state index contributed by atoms with van der Waals surface area (Å²) in [6.45, 7) is 1.68. The van der Waals surface area contributed by atoms with Crippen molar-refractivity contribution in [2.24, 2.45) is 0 Å². The first kappa shape index (κ1) is 20.3. The topological polar surface area (TPSA) is 66.5 Å². The van der Waals surface area contributed by atoms with E-state index in [0.29, 0.717) is 5.69 Å². The van der Waals surface area contributed by atoms with Crippen molar-refractivity contribution in [2.45, 2.75) is 24.3 Å². The summed E-state index contributed by atoms with van der Waals surface area (Å²) in [5, 5.41) is 2.77. The Bertz CT molecular complexity index is 888. The lowest BCUT2D eigenvalue weighted by atomic mass is 10.1. The number of rotatable bonds is 7. The third kappa shape index (κ3) is 4.56. The zero-order valence-corrected chi connectivity index (χ0v) is 16.4. The molecule has 0 aliphatic carbocycles. The molecular weight excluding hydrogens is 375 g/mol. The Morgan fingerprint density at radius 3 is 2.38 bits per heavy atom. The van der Waals surface area contributed by atoms with E-state index >= 15 is 0 Å². The van der Waals surface area contributed by atoms with Crippen molar-refractivity contribution in [3.8, 4) is 0 Å². The molecule has 0 saturated heterocycles. The number of hydrogen-bond acceptors (Lipinski definition) is 4. The van der Waals surface area contributed by atoms with Gasteiger partial charge in [-0.2, -0.15) is 0 Å². The molecule has 1 amide bonds. The van der Waals surface area contributed by atoms with E-state index in [4.69, 9.17) is 0 Å². The molecule has 0 aromatic heterocycles. The van der Waals surface area contributed by atoms with Crippen LogP contribution in [0.25, 0.3) is 0 Å². The van der Waals surface area contributed by atoms with Crippen LogP contribution in [0.1, 0.15) is 13.3 Å². The van der Waals surface area contributed by atoms with E-state index in [1.807, 2.05) is 18.4 Å². The monoisotopic (exact) mass is 396 g/mol. The van der Waals surface area contributed by atoms with Crippen LogP contribution in [0.2, 0.25) is 0 Å². The molecule has 2 rings (SSSR count). The average molecular weight is 397 g/mol. The highest BCUT2D eigenvalue weighted by molar-refractivity contribution is 7.98. The van der Waals surface area contributed by atoms with Crippen molar-refractivity contribution in [3.63, 3.8) is 0 Å². The maximum absolute atomic E-state index is 14.2. The van der Waals surface area contributed by atoms with Gasteiger partial charge >= 0.3 is 0 Å². The van der Waals surface area contributed by atoms with Crippen LogP contribution in [-0.2, 0) is 14.8 Å². The number of amides is 1. The average Bonchev–Trinajstić information content (AvgIpc) is 2.59. The van der Waals surface area contributed by atoms with Crippen molar-refractivity contribution >= 4 is 39.1 Å². The second-order valence-electron chi connectivity index (χ2n) is 5.62. The number of benzene rings is 2. The van der Waals surface area contributed by atoms with Crippen molar-refractivity contribution < 1.29 is 17.6 Å². The summed E-state index contributed by atoms with van der Waals surface area (Å²) in [5.74, 6) is -1.21. The molecule has 140 valence electrons. The fraction of sp³-hybridized carbons (Fsp3) is 0.278. The molecule has 2 aromatic rings. The molecule has 1 atom stereocenters. The molecule has 0 radical (unpaired) electrons. The Morgan fingerprint density at radius 2 is 1.81 bits per heavy atom. The van der Waals surface area contributed by atoms with Crippen LogP contribution in [-0.4, -0.2) is 32.9 Å². The van der Waals surface area contributed by atoms with E-state index in [2.05, 4.69) is 5.32 Å². The number of sulfonamides is 1. The zero-order chi connectivity index (χ0) is 19.3. The zero-order valence-electron chi connectivity index (χ0n) is 14.8. The van der Waals surface area contributed by atoms with E-state index in [9.17, 15) is 17.6 Å². The number of carbonyl (C=O) groups is 1. The lowest BCUT2D eigenvalue weighted by Crippen LogP contribution is -2.47. The number of anilines is 2. The summed E-state index contributed by atoms with van der Waals surface area (Å²) in [6, 6.07) is 11.7. The molecule has 26 heavy (non-hydrogen) atoms. The number of para-hydroxylation sites is 2. The third-order valence-electron chi connectivity index (χ3n) is 3.78. The molecule has 0 fully saturated rings. The summed E-state index contributed by atoms with van der Waals surface area (Å²) in [4.78, 5) is 13.7. The molecule has 0 saturated carbocycles. The summed E-state index contributed by atoms with van der Waals surface area (Å²) >= 11 is 1.46. The molecule has 0 aliphatic rings. The van der Waals surface area contributed by atoms with Crippen LogP contribution >= 0.6 is 11.8 Å². The summed E-state index contributed by atoms with van der Waals surface area (Å²) in [5.41, 5.74) is 0.445. The first-order valence-corrected chi connectivity index (χ1v) is 11.0. The largest absolute Gasteiger partial charge is 0.323 e. The van der Waals surface area contributed by atoms with Crippen LogP contribution < -0.4 is 9.62 Å². The van der Waals surface area contributed by atoms with Gasteiger partial charge in [0.1, 0.15) is 11.9 Å². The Labute approximate surface area is 157 Å². The van der Waals surface area contributed by atoms with Gasteiger partial charge in [-0.3, -0.25) is 9.10 Å². The molecule has 0 bridgehead atoms. The highest BCUT2D eigenvalue weighted by Gasteiger charge is 2.33. The minimum Gasteiger partial charge on any atom is -0.323 e. The fourth-order valence-electron chi connectivity index (χ4n) is 2.63. The molecule has 0 aliphatic heterocycles. The maximum atomic E-state index is 14.2. The van der Waals surface area contributed by atoms with Crippen LogP contribution in [0.3, 0.4) is 0 Å². The molecule has 0 unspecified atom stereocenters. The van der Waals surface area contributed by atoms with E-state index in [1.54, 1.807) is 19.1 Å². The van der Waals surface area contributed by atoms with Gasteiger partial charge in [-0.1, -0.05) is 31.2 Å². The van der Waals surface area contributed by atoms with Crippen LogP contribution in [0.15, 0.2) is 53.4 Å². The Balaban J connectivity index is 2.42. The molecule has 0 spiro atoms. The van der Waals surface area contributed by atoms with Gasteiger partial charge in [-0.25, -0.2) is 12.8 Å². The smallest absolute Gasteiger partial charge is 0.248 e. The third-order valence-corrected chi connectivity index (χ3v) is 5.75. The van der Waals surface area contributed by atoms with Gasteiger partial charge in [-0.15, -0.1) is 11.8 Å². The van der Waals surface area contributed by atoms with E-state index in [0.717, 1.165) is 15.5 Å². The van der Waals surface area contributed by atoms with Gasteiger partial charge in [-0.05, 0) is 36.9 Å². The first-order chi connectivity index (χ1) is 12.3. The van der Waals surface area contributed by atoms with Crippen LogP contribution in [0.4, 0.5) is 15.8 Å². The molecule has 2 aromatic carbocycles. The van der Waals surface area contributed by atoms with Crippen LogP contribution in [0, 0.1) is 5.82 Å². The predicted molar refractivity (Wildman–Crippen MR) is 105 cm³/mol. The number of thioether (sulfide) groups is 1. The Kier molecular flexibility index (Phi) is 6.66. The highest BCUT2D eigenvalue weighted by Crippen LogP contribution is 2.28. The molecule has 1 N–H and O–H groups in total. The van der Waals surface area contributed by atoms with Crippen LogP contribution in [0.5, 0.6) is 0 Å². The minimum atomic E-state index is -3.88. The van der Waals surface area contributed by atoms with Gasteiger partial charge in [0.05, 0.1) is 17.6 Å². The number of nitrogens with zero attached hydrogens (tertiary/aromatic N) is 1. The SMILES string of the molecule is CC[C@H](C(=O)Nc1ccccc1SC)N(c1ccccc1F)S(C)(=O)=O. The first-order valence-electron chi connectivity index (χ1n) is 7.97. The quantitative estimate of drug-likeness (QED) is 0.724. The van der Waals surface area contributed by atoms with E-state index in [1.165, 1.54) is 36.0 Å². The minimum absolute atomic E-state index is 0.143. The molecule has 0 heterocycles. The number of hydrogen-bond donors (Lipinski definition) is 1. The number of carbonyl (C=O) groups excluding carboxylic acids is 1. The predicted octanol–water partition coefficient (Wildman–Crippen LogP) is 3.73. The van der Waals surface area contributed by atoms with Crippen molar-refractivity contribution in [1.82, 2.24) is 0 Å². The Hall–Kier alpha value is -2.06. The second-order valence-corrected chi connectivity index (χ2v) is 8.33. The fourth-order valence-corrected chi connectivity index (χ4v) is 4.40. The summed E-state index contributed by atoms with van der Waals surface area (Å²) in [6.07, 6.45) is 3.03. The Morgan fingerprint density at radius 1 is 1.19 bits per heavy atom. The van der Waals surface area contributed by atoms with Crippen molar-refractivity contribution in [2.75, 3.05) is 22.1 Å². The van der Waals surface area contributed by atoms with E-state index in [-0.39, 0.29) is 12.1 Å². The molecule has 5 nitrogen and oxygen atoms in total. The van der Waals surface area contributed by atoms with E-state index < -0.39 is 27.8 Å². The molecule has 8 heteroatoms. The lowest BCUT2D eigenvalue weighted by Gasteiger charge is -2.30. The van der Waals surface area contributed by atoms with Gasteiger partial charge in [0.25, 0.3) is 0 Å². The molecular formula is C18H21FN2O3S2. The highest BCUT2D eigenvalue weighted by atomic mass is 32.2.